The lowest BCUT2D eigenvalue weighted by Crippen LogP contribution is -2.47. The lowest BCUT2D eigenvalue weighted by atomic mass is 9.73. The van der Waals surface area contributed by atoms with Gasteiger partial charge in [-0.05, 0) is 70.2 Å². The van der Waals surface area contributed by atoms with Gasteiger partial charge in [0, 0.05) is 13.2 Å². The zero-order valence-electron chi connectivity index (χ0n) is 17.0. The minimum atomic E-state index is -4.34. The Labute approximate surface area is 170 Å². The number of ether oxygens (including phenoxy) is 2. The molecule has 7 heteroatoms. The van der Waals surface area contributed by atoms with Crippen molar-refractivity contribution in [2.24, 2.45) is 5.41 Å². The highest BCUT2D eigenvalue weighted by molar-refractivity contribution is 5.77. The molecule has 0 N–H and O–H groups in total. The smallest absolute Gasteiger partial charge is 0.416 e. The Balaban J connectivity index is 1.64. The van der Waals surface area contributed by atoms with Crippen LogP contribution in [0.15, 0.2) is 24.3 Å². The molecule has 2 saturated heterocycles. The molecule has 0 radical (unpaired) electrons. The average Bonchev–Trinajstić information content (AvgIpc) is 2.70. The van der Waals surface area contributed by atoms with E-state index in [0.717, 1.165) is 31.9 Å². The molecule has 162 valence electrons. The highest BCUT2D eigenvalue weighted by Gasteiger charge is 2.44. The quantitative estimate of drug-likeness (QED) is 0.628. The van der Waals surface area contributed by atoms with Gasteiger partial charge in [0.15, 0.2) is 0 Å². The van der Waals surface area contributed by atoms with Gasteiger partial charge in [-0.25, -0.2) is 0 Å². The SMILES string of the molecule is CCOC(=O)C1(C[C@H]2CCCCO2)CCN(Cc2cccc(C(F)(F)F)c2)CC1. The summed E-state index contributed by atoms with van der Waals surface area (Å²) in [6, 6.07) is 5.47. The van der Waals surface area contributed by atoms with Crippen LogP contribution in [0.1, 0.15) is 56.6 Å². The van der Waals surface area contributed by atoms with Crippen LogP contribution >= 0.6 is 0 Å². The summed E-state index contributed by atoms with van der Waals surface area (Å²) in [7, 11) is 0. The zero-order valence-corrected chi connectivity index (χ0v) is 17.0. The summed E-state index contributed by atoms with van der Waals surface area (Å²) in [4.78, 5) is 14.9. The number of halogens is 3. The van der Waals surface area contributed by atoms with E-state index in [-0.39, 0.29) is 12.1 Å². The molecular weight excluding hydrogens is 383 g/mol. The second-order valence-corrected chi connectivity index (χ2v) is 8.17. The first-order valence-corrected chi connectivity index (χ1v) is 10.5. The average molecular weight is 413 g/mol. The molecule has 3 rings (SSSR count). The number of likely N-dealkylation sites (tertiary alicyclic amines) is 1. The molecule has 1 aromatic carbocycles. The van der Waals surface area contributed by atoms with Crippen molar-refractivity contribution in [1.82, 2.24) is 4.90 Å². The van der Waals surface area contributed by atoms with Crippen LogP contribution in [-0.4, -0.2) is 43.3 Å². The fraction of sp³-hybridized carbons (Fsp3) is 0.682. The number of piperidine rings is 1. The standard InChI is InChI=1S/C22H30F3NO3/c1-2-28-20(27)21(15-19-8-3-4-13-29-19)9-11-26(12-10-21)16-17-6-5-7-18(14-17)22(23,24)25/h5-7,14,19H,2-4,8-13,15-16H2,1H3/t19-/m1/s1. The van der Waals surface area contributed by atoms with Crippen LogP contribution in [0.2, 0.25) is 0 Å². The summed E-state index contributed by atoms with van der Waals surface area (Å²) >= 11 is 0. The summed E-state index contributed by atoms with van der Waals surface area (Å²) in [6.45, 7) is 4.66. The summed E-state index contributed by atoms with van der Waals surface area (Å²) in [5, 5.41) is 0. The first-order chi connectivity index (χ1) is 13.8. The van der Waals surface area contributed by atoms with E-state index >= 15 is 0 Å². The van der Waals surface area contributed by atoms with E-state index < -0.39 is 17.2 Å². The Kier molecular flexibility index (Phi) is 7.22. The van der Waals surface area contributed by atoms with Crippen LogP contribution in [-0.2, 0) is 27.0 Å². The Hall–Kier alpha value is -1.60. The van der Waals surface area contributed by atoms with Gasteiger partial charge in [0.1, 0.15) is 0 Å². The molecule has 4 nitrogen and oxygen atoms in total. The maximum absolute atomic E-state index is 13.0. The van der Waals surface area contributed by atoms with Gasteiger partial charge in [-0.3, -0.25) is 9.69 Å². The second kappa shape index (κ2) is 9.47. The number of rotatable bonds is 6. The van der Waals surface area contributed by atoms with E-state index in [2.05, 4.69) is 4.90 Å². The predicted molar refractivity (Wildman–Crippen MR) is 103 cm³/mol. The molecule has 0 aliphatic carbocycles. The van der Waals surface area contributed by atoms with Crippen molar-refractivity contribution in [3.63, 3.8) is 0 Å². The van der Waals surface area contributed by atoms with Gasteiger partial charge in [-0.2, -0.15) is 13.2 Å². The third kappa shape index (κ3) is 5.72. The van der Waals surface area contributed by atoms with E-state index in [0.29, 0.717) is 51.1 Å². The third-order valence-electron chi connectivity index (χ3n) is 6.07. The van der Waals surface area contributed by atoms with Crippen LogP contribution in [0.3, 0.4) is 0 Å². The predicted octanol–water partition coefficient (Wildman–Crippen LogP) is 4.81. The summed E-state index contributed by atoms with van der Waals surface area (Å²) in [6.07, 6.45) is 0.854. The number of alkyl halides is 3. The van der Waals surface area contributed by atoms with E-state index in [1.165, 1.54) is 12.1 Å². The maximum atomic E-state index is 13.0. The monoisotopic (exact) mass is 413 g/mol. The number of esters is 1. The van der Waals surface area contributed by atoms with Gasteiger partial charge in [0.05, 0.1) is 23.7 Å². The first-order valence-electron chi connectivity index (χ1n) is 10.5. The van der Waals surface area contributed by atoms with Crippen molar-refractivity contribution in [1.29, 1.82) is 0 Å². The molecule has 2 fully saturated rings. The number of carbonyl (C=O) groups is 1. The topological polar surface area (TPSA) is 38.8 Å². The molecule has 0 amide bonds. The first kappa shape index (κ1) is 22.1. The number of hydrogen-bond acceptors (Lipinski definition) is 4. The number of nitrogens with zero attached hydrogens (tertiary/aromatic N) is 1. The largest absolute Gasteiger partial charge is 0.466 e. The third-order valence-corrected chi connectivity index (χ3v) is 6.07. The molecule has 1 aromatic rings. The molecule has 1 atom stereocenters. The van der Waals surface area contributed by atoms with Crippen molar-refractivity contribution >= 4 is 5.97 Å². The van der Waals surface area contributed by atoms with Crippen molar-refractivity contribution < 1.29 is 27.4 Å². The minimum absolute atomic E-state index is 0.0863. The Morgan fingerprint density at radius 3 is 2.66 bits per heavy atom. The van der Waals surface area contributed by atoms with Gasteiger partial charge >= 0.3 is 12.1 Å². The molecule has 2 aliphatic rings. The van der Waals surface area contributed by atoms with Gasteiger partial charge in [-0.15, -0.1) is 0 Å². The van der Waals surface area contributed by atoms with Crippen LogP contribution in [0.5, 0.6) is 0 Å². The molecule has 29 heavy (non-hydrogen) atoms. The number of benzene rings is 1. The van der Waals surface area contributed by atoms with Crippen LogP contribution in [0.25, 0.3) is 0 Å². The van der Waals surface area contributed by atoms with E-state index in [9.17, 15) is 18.0 Å². The maximum Gasteiger partial charge on any atom is 0.416 e. The van der Waals surface area contributed by atoms with Crippen LogP contribution < -0.4 is 0 Å². The van der Waals surface area contributed by atoms with Gasteiger partial charge in [0.2, 0.25) is 0 Å². The molecule has 2 heterocycles. The van der Waals surface area contributed by atoms with Crippen LogP contribution in [0.4, 0.5) is 13.2 Å². The fourth-order valence-electron chi connectivity index (χ4n) is 4.42. The van der Waals surface area contributed by atoms with E-state index in [1.54, 1.807) is 6.07 Å². The summed E-state index contributed by atoms with van der Waals surface area (Å²) < 4.78 is 50.1. The van der Waals surface area contributed by atoms with Crippen molar-refractivity contribution in [3.8, 4) is 0 Å². The number of hydrogen-bond donors (Lipinski definition) is 0. The zero-order chi connectivity index (χ0) is 20.9. The normalized spacial score (nSPS) is 23.0. The Morgan fingerprint density at radius 1 is 1.28 bits per heavy atom. The van der Waals surface area contributed by atoms with Crippen LogP contribution in [0, 0.1) is 5.41 Å². The fourth-order valence-corrected chi connectivity index (χ4v) is 4.42. The summed E-state index contributed by atoms with van der Waals surface area (Å²) in [5.74, 6) is -0.159. The molecule has 0 bridgehead atoms. The molecule has 0 unspecified atom stereocenters. The van der Waals surface area contributed by atoms with Crippen molar-refractivity contribution in [2.75, 3.05) is 26.3 Å². The van der Waals surface area contributed by atoms with Crippen molar-refractivity contribution in [3.05, 3.63) is 35.4 Å². The molecular formula is C22H30F3NO3. The van der Waals surface area contributed by atoms with E-state index in [4.69, 9.17) is 9.47 Å². The van der Waals surface area contributed by atoms with Gasteiger partial charge in [0.25, 0.3) is 0 Å². The molecule has 0 aromatic heterocycles. The lowest BCUT2D eigenvalue weighted by Gasteiger charge is -2.42. The second-order valence-electron chi connectivity index (χ2n) is 8.17. The molecule has 0 spiro atoms. The van der Waals surface area contributed by atoms with Gasteiger partial charge < -0.3 is 9.47 Å². The van der Waals surface area contributed by atoms with E-state index in [1.807, 2.05) is 6.92 Å². The highest BCUT2D eigenvalue weighted by Crippen LogP contribution is 2.40. The Bertz CT molecular complexity index is 678. The highest BCUT2D eigenvalue weighted by atomic mass is 19.4. The summed E-state index contributed by atoms with van der Waals surface area (Å²) in [5.41, 5.74) is -0.538. The van der Waals surface area contributed by atoms with Gasteiger partial charge in [-0.1, -0.05) is 18.2 Å². The lowest BCUT2D eigenvalue weighted by molar-refractivity contribution is -0.162. The molecule has 0 saturated carbocycles. The minimum Gasteiger partial charge on any atom is -0.466 e. The van der Waals surface area contributed by atoms with Crippen molar-refractivity contribution in [2.45, 2.75) is 64.3 Å². The number of carbonyl (C=O) groups excluding carboxylic acids is 1. The molecule has 2 aliphatic heterocycles. The Morgan fingerprint density at radius 2 is 2.03 bits per heavy atom.